The lowest BCUT2D eigenvalue weighted by Gasteiger charge is -2.05. The van der Waals surface area contributed by atoms with Crippen LogP contribution in [0.5, 0.6) is 0 Å². The number of ether oxygens (including phenoxy) is 1. The van der Waals surface area contributed by atoms with Crippen LogP contribution in [0.25, 0.3) is 22.4 Å². The fourth-order valence-corrected chi connectivity index (χ4v) is 3.53. The molecule has 0 atom stereocenters. The normalized spacial score (nSPS) is 11.5. The Labute approximate surface area is 181 Å². The summed E-state index contributed by atoms with van der Waals surface area (Å²) in [7, 11) is 0. The molecule has 0 aliphatic carbocycles. The molecule has 0 aliphatic heterocycles. The highest BCUT2D eigenvalue weighted by atomic mass is 16.5. The zero-order valence-corrected chi connectivity index (χ0v) is 18.3. The summed E-state index contributed by atoms with van der Waals surface area (Å²) >= 11 is 0. The van der Waals surface area contributed by atoms with Gasteiger partial charge >= 0.3 is 0 Å². The maximum absolute atomic E-state index is 12.1. The molecule has 31 heavy (non-hydrogen) atoms. The van der Waals surface area contributed by atoms with Gasteiger partial charge in [-0.2, -0.15) is 5.10 Å². The number of hydrogen-bond donors (Lipinski definition) is 1. The van der Waals surface area contributed by atoms with E-state index in [4.69, 9.17) is 9.84 Å². The Hall–Kier alpha value is -3.26. The second kappa shape index (κ2) is 9.26. The van der Waals surface area contributed by atoms with Gasteiger partial charge in [-0.3, -0.25) is 9.20 Å². The van der Waals surface area contributed by atoms with Crippen molar-refractivity contribution in [2.24, 2.45) is 0 Å². The third kappa shape index (κ3) is 4.59. The summed E-state index contributed by atoms with van der Waals surface area (Å²) in [6, 6.07) is 8.38. The van der Waals surface area contributed by atoms with Crippen LogP contribution >= 0.6 is 0 Å². The van der Waals surface area contributed by atoms with E-state index < -0.39 is 0 Å². The molecule has 4 aromatic rings. The van der Waals surface area contributed by atoms with Gasteiger partial charge in [-0.1, -0.05) is 12.1 Å². The minimum atomic E-state index is 0.00991. The van der Waals surface area contributed by atoms with Crippen LogP contribution in [0.1, 0.15) is 36.7 Å². The fraction of sp³-hybridized carbons (Fsp3) is 0.391. The molecule has 0 fully saturated rings. The Bertz CT molecular complexity index is 1210. The molecular formula is C23H28N6O2. The Morgan fingerprint density at radius 3 is 2.81 bits per heavy atom. The first-order valence-corrected chi connectivity index (χ1v) is 10.7. The van der Waals surface area contributed by atoms with Crippen molar-refractivity contribution in [1.82, 2.24) is 29.5 Å². The number of carbonyl (C=O) groups excluding carboxylic acids is 1. The van der Waals surface area contributed by atoms with E-state index >= 15 is 0 Å². The second-order valence-electron chi connectivity index (χ2n) is 7.67. The topological polar surface area (TPSA) is 85.8 Å². The molecule has 0 saturated carbocycles. The van der Waals surface area contributed by atoms with Gasteiger partial charge in [0.2, 0.25) is 5.91 Å². The van der Waals surface area contributed by atoms with E-state index in [0.29, 0.717) is 32.6 Å². The van der Waals surface area contributed by atoms with Crippen molar-refractivity contribution in [3.63, 3.8) is 0 Å². The van der Waals surface area contributed by atoms with Crippen LogP contribution in [0.15, 0.2) is 36.7 Å². The molecule has 8 nitrogen and oxygen atoms in total. The van der Waals surface area contributed by atoms with Crippen molar-refractivity contribution >= 4 is 17.1 Å². The Morgan fingerprint density at radius 1 is 1.13 bits per heavy atom. The summed E-state index contributed by atoms with van der Waals surface area (Å²) in [6.07, 6.45) is 5.50. The average Bonchev–Trinajstić information content (AvgIpc) is 3.38. The van der Waals surface area contributed by atoms with E-state index in [1.807, 2.05) is 34.3 Å². The number of aryl methyl sites for hydroxylation is 3. The first kappa shape index (κ1) is 21.0. The number of aromatic nitrogens is 5. The van der Waals surface area contributed by atoms with Crippen LogP contribution < -0.4 is 5.32 Å². The number of nitrogens with one attached hydrogen (secondary N) is 1. The molecule has 4 rings (SSSR count). The summed E-state index contributed by atoms with van der Waals surface area (Å²) in [5, 5.41) is 16.3. The van der Waals surface area contributed by atoms with Crippen LogP contribution in [-0.2, 0) is 16.0 Å². The molecule has 0 unspecified atom stereocenters. The highest BCUT2D eigenvalue weighted by molar-refractivity contribution is 5.77. The number of hydrogen-bond acceptors (Lipinski definition) is 5. The fourth-order valence-electron chi connectivity index (χ4n) is 3.53. The maximum Gasteiger partial charge on any atom is 0.220 e. The van der Waals surface area contributed by atoms with Crippen molar-refractivity contribution < 1.29 is 9.53 Å². The maximum atomic E-state index is 12.1. The quantitative estimate of drug-likeness (QED) is 0.421. The Balaban J connectivity index is 1.48. The van der Waals surface area contributed by atoms with Gasteiger partial charge < -0.3 is 10.1 Å². The van der Waals surface area contributed by atoms with E-state index in [1.54, 1.807) is 0 Å². The van der Waals surface area contributed by atoms with Gasteiger partial charge in [0.1, 0.15) is 11.3 Å². The zero-order valence-electron chi connectivity index (χ0n) is 18.3. The minimum Gasteiger partial charge on any atom is -0.382 e. The van der Waals surface area contributed by atoms with Crippen molar-refractivity contribution in [3.05, 3.63) is 53.6 Å². The zero-order chi connectivity index (χ0) is 21.8. The van der Waals surface area contributed by atoms with Crippen LogP contribution in [0.2, 0.25) is 0 Å². The summed E-state index contributed by atoms with van der Waals surface area (Å²) < 4.78 is 9.04. The van der Waals surface area contributed by atoms with Crippen LogP contribution in [0, 0.1) is 13.8 Å². The van der Waals surface area contributed by atoms with E-state index in [0.717, 1.165) is 34.7 Å². The van der Waals surface area contributed by atoms with Crippen molar-refractivity contribution in [1.29, 1.82) is 0 Å². The predicted octanol–water partition coefficient (Wildman–Crippen LogP) is 3.14. The van der Waals surface area contributed by atoms with Gasteiger partial charge in [0.15, 0.2) is 5.65 Å². The molecule has 162 valence electrons. The Kier molecular flexibility index (Phi) is 6.27. The number of amides is 1. The van der Waals surface area contributed by atoms with Crippen LogP contribution in [-0.4, -0.2) is 49.9 Å². The smallest absolute Gasteiger partial charge is 0.220 e. The van der Waals surface area contributed by atoms with E-state index in [9.17, 15) is 4.79 Å². The molecule has 3 aromatic heterocycles. The number of nitrogens with zero attached hydrogens (tertiary/aromatic N) is 5. The molecule has 1 aromatic carbocycles. The van der Waals surface area contributed by atoms with E-state index in [-0.39, 0.29) is 5.91 Å². The van der Waals surface area contributed by atoms with Gasteiger partial charge in [-0.05, 0) is 50.5 Å². The summed E-state index contributed by atoms with van der Waals surface area (Å²) in [4.78, 5) is 12.1. The standard InChI is InChI=1S/C23H28N6O2/c1-4-31-13-5-10-24-22(30)9-8-21-25-26-23-20-15-19(27-29(20)12-11-28(21)23)18-7-6-16(2)17(3)14-18/h6-7,11-12,14-15H,4-5,8-10,13H2,1-3H3,(H,24,30). The molecule has 0 aliphatic rings. The third-order valence-corrected chi connectivity index (χ3v) is 5.46. The van der Waals surface area contributed by atoms with E-state index in [2.05, 4.69) is 47.6 Å². The lowest BCUT2D eigenvalue weighted by atomic mass is 10.0. The third-order valence-electron chi connectivity index (χ3n) is 5.46. The van der Waals surface area contributed by atoms with Gasteiger partial charge in [0.25, 0.3) is 0 Å². The summed E-state index contributed by atoms with van der Waals surface area (Å²) in [5.74, 6) is 0.770. The average molecular weight is 421 g/mol. The van der Waals surface area contributed by atoms with Crippen molar-refractivity contribution in [2.75, 3.05) is 19.8 Å². The monoisotopic (exact) mass is 420 g/mol. The van der Waals surface area contributed by atoms with Gasteiger partial charge in [-0.25, -0.2) is 4.52 Å². The van der Waals surface area contributed by atoms with Crippen molar-refractivity contribution in [3.8, 4) is 11.3 Å². The van der Waals surface area contributed by atoms with Gasteiger partial charge in [-0.15, -0.1) is 10.2 Å². The lowest BCUT2D eigenvalue weighted by molar-refractivity contribution is -0.121. The highest BCUT2D eigenvalue weighted by Crippen LogP contribution is 2.24. The molecule has 0 spiro atoms. The largest absolute Gasteiger partial charge is 0.382 e. The van der Waals surface area contributed by atoms with Crippen LogP contribution in [0.3, 0.4) is 0 Å². The minimum absolute atomic E-state index is 0.00991. The second-order valence-corrected chi connectivity index (χ2v) is 7.67. The number of rotatable bonds is 9. The van der Waals surface area contributed by atoms with Crippen molar-refractivity contribution in [2.45, 2.75) is 40.0 Å². The summed E-state index contributed by atoms with van der Waals surface area (Å²) in [6.45, 7) is 8.15. The Morgan fingerprint density at radius 2 is 2.00 bits per heavy atom. The van der Waals surface area contributed by atoms with Gasteiger partial charge in [0, 0.05) is 50.6 Å². The molecule has 1 amide bonds. The number of fused-ring (bicyclic) bond motifs is 3. The molecule has 3 heterocycles. The lowest BCUT2D eigenvalue weighted by Crippen LogP contribution is -2.25. The van der Waals surface area contributed by atoms with E-state index in [1.165, 1.54) is 11.1 Å². The SMILES string of the molecule is CCOCCCNC(=O)CCc1nnc2c3cc(-c4ccc(C)c(C)c4)nn3ccn12. The molecular weight excluding hydrogens is 392 g/mol. The molecule has 8 heteroatoms. The molecule has 0 radical (unpaired) electrons. The molecule has 0 bridgehead atoms. The first-order chi connectivity index (χ1) is 15.1. The number of carbonyl (C=O) groups is 1. The predicted molar refractivity (Wildman–Crippen MR) is 119 cm³/mol. The van der Waals surface area contributed by atoms with Crippen LogP contribution in [0.4, 0.5) is 0 Å². The molecule has 1 N–H and O–H groups in total. The van der Waals surface area contributed by atoms with Gasteiger partial charge in [0.05, 0.1) is 5.69 Å². The molecule has 0 saturated heterocycles. The first-order valence-electron chi connectivity index (χ1n) is 10.7. The summed E-state index contributed by atoms with van der Waals surface area (Å²) in [5.41, 5.74) is 6.08. The number of benzene rings is 1. The highest BCUT2D eigenvalue weighted by Gasteiger charge is 2.14.